The van der Waals surface area contributed by atoms with Gasteiger partial charge in [-0.2, -0.15) is 0 Å². The lowest BCUT2D eigenvalue weighted by atomic mass is 9.96. The van der Waals surface area contributed by atoms with E-state index in [9.17, 15) is 0 Å². The van der Waals surface area contributed by atoms with Gasteiger partial charge in [0.25, 0.3) is 0 Å². The van der Waals surface area contributed by atoms with Crippen LogP contribution in [0.2, 0.25) is 0 Å². The van der Waals surface area contributed by atoms with E-state index in [-0.39, 0.29) is 6.04 Å². The van der Waals surface area contributed by atoms with E-state index >= 15 is 0 Å². The monoisotopic (exact) mass is 288 g/mol. The van der Waals surface area contributed by atoms with E-state index in [4.69, 9.17) is 9.15 Å². The highest BCUT2D eigenvalue weighted by Crippen LogP contribution is 2.24. The molecule has 0 bridgehead atoms. The normalized spacial score (nSPS) is 12.7. The average Bonchev–Trinajstić information content (AvgIpc) is 2.78. The van der Waals surface area contributed by atoms with Gasteiger partial charge in [-0.1, -0.05) is 26.0 Å². The number of rotatable bonds is 6. The maximum atomic E-state index is 5.62. The first-order valence-corrected chi connectivity index (χ1v) is 7.31. The van der Waals surface area contributed by atoms with Crippen LogP contribution in [0.15, 0.2) is 28.7 Å². The number of hydrogen-bond donors (Lipinski definition) is 1. The zero-order valence-electron chi connectivity index (χ0n) is 13.4. The van der Waals surface area contributed by atoms with Crippen molar-refractivity contribution >= 4 is 0 Å². The lowest BCUT2D eigenvalue weighted by Gasteiger charge is -2.22. The summed E-state index contributed by atoms with van der Waals surface area (Å²) in [6, 6.07) is 8.44. The summed E-state index contributed by atoms with van der Waals surface area (Å²) >= 11 is 0. The van der Waals surface area contributed by atoms with Crippen molar-refractivity contribution in [3.05, 3.63) is 47.2 Å². The standard InChI is InChI=1S/C17H24N2O2/c1-11(2)17(14-6-8-15(20-5)9-7-14)18-10-16-19-12(3)13(4)21-16/h6-9,11,17-18H,10H2,1-5H3. The minimum absolute atomic E-state index is 0.253. The van der Waals surface area contributed by atoms with Crippen molar-refractivity contribution in [2.24, 2.45) is 5.92 Å². The third-order valence-corrected chi connectivity index (χ3v) is 3.69. The smallest absolute Gasteiger partial charge is 0.208 e. The molecule has 1 aromatic heterocycles. The average molecular weight is 288 g/mol. The third-order valence-electron chi connectivity index (χ3n) is 3.69. The SMILES string of the molecule is COc1ccc(C(NCc2nc(C)c(C)o2)C(C)C)cc1. The number of aryl methyl sites for hydroxylation is 2. The van der Waals surface area contributed by atoms with Crippen LogP contribution in [0.5, 0.6) is 5.75 Å². The molecule has 21 heavy (non-hydrogen) atoms. The Morgan fingerprint density at radius 2 is 1.86 bits per heavy atom. The van der Waals surface area contributed by atoms with E-state index in [2.05, 4.69) is 36.3 Å². The number of ether oxygens (including phenoxy) is 1. The van der Waals surface area contributed by atoms with Crippen molar-refractivity contribution < 1.29 is 9.15 Å². The predicted octanol–water partition coefficient (Wildman–Crippen LogP) is 3.79. The maximum Gasteiger partial charge on any atom is 0.208 e. The molecule has 1 N–H and O–H groups in total. The van der Waals surface area contributed by atoms with Gasteiger partial charge in [0.15, 0.2) is 0 Å². The molecule has 2 aromatic rings. The van der Waals surface area contributed by atoms with Crippen molar-refractivity contribution in [1.29, 1.82) is 0 Å². The number of nitrogens with zero attached hydrogens (tertiary/aromatic N) is 1. The summed E-state index contributed by atoms with van der Waals surface area (Å²) in [6.45, 7) is 8.94. The van der Waals surface area contributed by atoms with Gasteiger partial charge < -0.3 is 14.5 Å². The van der Waals surface area contributed by atoms with Gasteiger partial charge in [-0.15, -0.1) is 0 Å². The lowest BCUT2D eigenvalue weighted by Crippen LogP contribution is -2.25. The molecule has 1 atom stereocenters. The number of benzene rings is 1. The van der Waals surface area contributed by atoms with Gasteiger partial charge in [-0.3, -0.25) is 0 Å². The molecule has 0 saturated heterocycles. The van der Waals surface area contributed by atoms with Gasteiger partial charge in [0.1, 0.15) is 11.5 Å². The first-order valence-electron chi connectivity index (χ1n) is 7.31. The Balaban J connectivity index is 2.07. The number of hydrogen-bond acceptors (Lipinski definition) is 4. The van der Waals surface area contributed by atoms with Crippen LogP contribution in [0.1, 0.15) is 42.8 Å². The molecule has 0 radical (unpaired) electrons. The van der Waals surface area contributed by atoms with Crippen molar-refractivity contribution in [3.8, 4) is 5.75 Å². The van der Waals surface area contributed by atoms with Crippen molar-refractivity contribution in [2.45, 2.75) is 40.3 Å². The Morgan fingerprint density at radius 3 is 2.33 bits per heavy atom. The highest BCUT2D eigenvalue weighted by atomic mass is 16.5. The van der Waals surface area contributed by atoms with Gasteiger partial charge in [-0.05, 0) is 37.5 Å². The number of aromatic nitrogens is 1. The van der Waals surface area contributed by atoms with Crippen LogP contribution < -0.4 is 10.1 Å². The number of methoxy groups -OCH3 is 1. The van der Waals surface area contributed by atoms with Crippen LogP contribution in [0.4, 0.5) is 0 Å². The van der Waals surface area contributed by atoms with Gasteiger partial charge in [0.2, 0.25) is 5.89 Å². The molecular formula is C17H24N2O2. The fraction of sp³-hybridized carbons (Fsp3) is 0.471. The molecule has 114 valence electrons. The molecule has 4 nitrogen and oxygen atoms in total. The summed E-state index contributed by atoms with van der Waals surface area (Å²) in [4.78, 5) is 4.41. The Labute approximate surface area is 126 Å². The van der Waals surface area contributed by atoms with Crippen LogP contribution in [-0.4, -0.2) is 12.1 Å². The molecule has 1 unspecified atom stereocenters. The van der Waals surface area contributed by atoms with E-state index in [0.717, 1.165) is 23.1 Å². The molecule has 2 rings (SSSR count). The highest BCUT2D eigenvalue weighted by molar-refractivity contribution is 5.29. The summed E-state index contributed by atoms with van der Waals surface area (Å²) in [5, 5.41) is 3.53. The fourth-order valence-corrected chi connectivity index (χ4v) is 2.36. The Hall–Kier alpha value is -1.81. The van der Waals surface area contributed by atoms with E-state index in [1.807, 2.05) is 26.0 Å². The fourth-order valence-electron chi connectivity index (χ4n) is 2.36. The van der Waals surface area contributed by atoms with Gasteiger partial charge in [0.05, 0.1) is 19.3 Å². The van der Waals surface area contributed by atoms with E-state index in [1.54, 1.807) is 7.11 Å². The third kappa shape index (κ3) is 3.85. The number of oxazole rings is 1. The van der Waals surface area contributed by atoms with Crippen LogP contribution in [0.3, 0.4) is 0 Å². The van der Waals surface area contributed by atoms with Crippen molar-refractivity contribution in [3.63, 3.8) is 0 Å². The van der Waals surface area contributed by atoms with Gasteiger partial charge >= 0.3 is 0 Å². The lowest BCUT2D eigenvalue weighted by molar-refractivity contribution is 0.372. The molecule has 1 aromatic carbocycles. The van der Waals surface area contributed by atoms with E-state index < -0.39 is 0 Å². The molecule has 0 amide bonds. The molecule has 0 aliphatic carbocycles. The Morgan fingerprint density at radius 1 is 1.19 bits per heavy atom. The van der Waals surface area contributed by atoms with Crippen molar-refractivity contribution in [1.82, 2.24) is 10.3 Å². The number of nitrogens with one attached hydrogen (secondary N) is 1. The largest absolute Gasteiger partial charge is 0.497 e. The molecule has 1 heterocycles. The summed E-state index contributed by atoms with van der Waals surface area (Å²) in [5.41, 5.74) is 2.20. The summed E-state index contributed by atoms with van der Waals surface area (Å²) < 4.78 is 10.8. The zero-order chi connectivity index (χ0) is 15.4. The van der Waals surface area contributed by atoms with Crippen LogP contribution >= 0.6 is 0 Å². The first-order chi connectivity index (χ1) is 10.0. The topological polar surface area (TPSA) is 47.3 Å². The molecular weight excluding hydrogens is 264 g/mol. The van der Waals surface area contributed by atoms with E-state index in [0.29, 0.717) is 12.5 Å². The molecule has 0 aliphatic rings. The molecule has 0 aliphatic heterocycles. The van der Waals surface area contributed by atoms with Gasteiger partial charge in [-0.25, -0.2) is 4.98 Å². The highest BCUT2D eigenvalue weighted by Gasteiger charge is 2.16. The molecule has 0 saturated carbocycles. The van der Waals surface area contributed by atoms with E-state index in [1.165, 1.54) is 5.56 Å². The molecule has 4 heteroatoms. The van der Waals surface area contributed by atoms with Crippen LogP contribution in [0, 0.1) is 19.8 Å². The zero-order valence-corrected chi connectivity index (χ0v) is 13.4. The minimum Gasteiger partial charge on any atom is -0.497 e. The second-order valence-corrected chi connectivity index (χ2v) is 5.62. The van der Waals surface area contributed by atoms with Crippen LogP contribution in [-0.2, 0) is 6.54 Å². The van der Waals surface area contributed by atoms with Crippen molar-refractivity contribution in [2.75, 3.05) is 7.11 Å². The Bertz CT molecular complexity index is 553. The molecule has 0 fully saturated rings. The quantitative estimate of drug-likeness (QED) is 0.878. The second kappa shape index (κ2) is 6.76. The first kappa shape index (κ1) is 15.6. The molecule has 0 spiro atoms. The summed E-state index contributed by atoms with van der Waals surface area (Å²) in [6.07, 6.45) is 0. The second-order valence-electron chi connectivity index (χ2n) is 5.62. The Kier molecular flexibility index (Phi) is 5.02. The van der Waals surface area contributed by atoms with Gasteiger partial charge in [0, 0.05) is 6.04 Å². The van der Waals surface area contributed by atoms with Crippen LogP contribution in [0.25, 0.3) is 0 Å². The predicted molar refractivity (Wildman–Crippen MR) is 83.4 cm³/mol. The summed E-state index contributed by atoms with van der Waals surface area (Å²) in [7, 11) is 1.68. The maximum absolute atomic E-state index is 5.62. The summed E-state index contributed by atoms with van der Waals surface area (Å²) in [5.74, 6) is 2.97. The minimum atomic E-state index is 0.253.